The maximum absolute atomic E-state index is 14.6. The lowest BCUT2D eigenvalue weighted by molar-refractivity contribution is -0.191. The van der Waals surface area contributed by atoms with E-state index in [-0.39, 0.29) is 25.6 Å². The second kappa shape index (κ2) is 9.84. The average molecular weight is 567 g/mol. The summed E-state index contributed by atoms with van der Waals surface area (Å²) in [6.07, 6.45) is 3.24. The number of fused-ring (bicyclic) bond motifs is 2. The summed E-state index contributed by atoms with van der Waals surface area (Å²) in [4.78, 5) is 24.8. The largest absolute Gasteiger partial charge is 0.397 e. The number of hydrogen-bond acceptors (Lipinski definition) is 6. The number of carbonyl (C=O) groups is 1. The van der Waals surface area contributed by atoms with Crippen molar-refractivity contribution in [3.63, 3.8) is 0 Å². The predicted octanol–water partition coefficient (Wildman–Crippen LogP) is 4.32. The van der Waals surface area contributed by atoms with Gasteiger partial charge in [0.05, 0.1) is 16.5 Å². The van der Waals surface area contributed by atoms with Crippen LogP contribution in [-0.2, 0) is 4.79 Å². The van der Waals surface area contributed by atoms with Crippen LogP contribution in [0.2, 0.25) is 0 Å². The first-order valence-corrected chi connectivity index (χ1v) is 15.1. The second-order valence-electron chi connectivity index (χ2n) is 13.1. The monoisotopic (exact) mass is 566 g/mol. The molecule has 3 saturated carbocycles. The molecule has 0 bridgehead atoms. The van der Waals surface area contributed by atoms with Crippen molar-refractivity contribution in [3.8, 4) is 6.07 Å². The van der Waals surface area contributed by atoms with Gasteiger partial charge in [0.15, 0.2) is 0 Å². The first-order valence-electron chi connectivity index (χ1n) is 15.1. The number of alkyl halides is 3. The van der Waals surface area contributed by atoms with E-state index in [1.807, 2.05) is 0 Å². The van der Waals surface area contributed by atoms with E-state index in [0.717, 1.165) is 57.8 Å². The molecule has 7 nitrogen and oxygen atoms in total. The summed E-state index contributed by atoms with van der Waals surface area (Å²) in [5.41, 5.74) is -2.10. The van der Waals surface area contributed by atoms with E-state index < -0.39 is 22.9 Å². The number of halogens is 3. The number of aromatic nitrogens is 1. The van der Waals surface area contributed by atoms with Crippen LogP contribution in [-0.4, -0.2) is 84.8 Å². The number of piperidine rings is 1. The van der Waals surface area contributed by atoms with Crippen molar-refractivity contribution in [1.29, 1.82) is 5.26 Å². The van der Waals surface area contributed by atoms with Gasteiger partial charge >= 0.3 is 6.18 Å². The van der Waals surface area contributed by atoms with E-state index in [1.54, 1.807) is 35.4 Å². The molecule has 2 aromatic rings. The highest BCUT2D eigenvalue weighted by atomic mass is 19.4. The molecule has 7 rings (SSSR count). The highest BCUT2D eigenvalue weighted by Gasteiger charge is 2.86. The van der Waals surface area contributed by atoms with Gasteiger partial charge in [-0.25, -0.2) is 0 Å². The minimum absolute atomic E-state index is 0.00865. The fourth-order valence-corrected chi connectivity index (χ4v) is 8.00. The molecule has 0 radical (unpaired) electrons. The summed E-state index contributed by atoms with van der Waals surface area (Å²) in [5, 5.41) is 13.2. The number of benzene rings is 1. The van der Waals surface area contributed by atoms with E-state index in [1.165, 1.54) is 19.4 Å². The summed E-state index contributed by atoms with van der Waals surface area (Å²) in [6, 6.07) is 9.33. The van der Waals surface area contributed by atoms with Gasteiger partial charge in [-0.15, -0.1) is 0 Å². The minimum Gasteiger partial charge on any atom is -0.369 e. The smallest absolute Gasteiger partial charge is 0.369 e. The van der Waals surface area contributed by atoms with Gasteiger partial charge in [-0.1, -0.05) is 0 Å². The molecule has 5 fully saturated rings. The first kappa shape index (κ1) is 27.0. The third kappa shape index (κ3) is 4.56. The molecule has 1 aromatic heterocycles. The third-order valence-electron chi connectivity index (χ3n) is 10.7. The van der Waals surface area contributed by atoms with Crippen LogP contribution < -0.4 is 10.2 Å². The zero-order chi connectivity index (χ0) is 28.4. The molecule has 1 N–H and O–H groups in total. The van der Waals surface area contributed by atoms with E-state index in [2.05, 4.69) is 26.2 Å². The van der Waals surface area contributed by atoms with Crippen LogP contribution in [0.4, 0.5) is 18.9 Å². The van der Waals surface area contributed by atoms with Crippen molar-refractivity contribution in [1.82, 2.24) is 20.1 Å². The van der Waals surface area contributed by atoms with Crippen molar-refractivity contribution < 1.29 is 18.0 Å². The van der Waals surface area contributed by atoms with E-state index >= 15 is 0 Å². The number of amides is 1. The van der Waals surface area contributed by atoms with Gasteiger partial charge in [-0.2, -0.15) is 18.4 Å². The van der Waals surface area contributed by atoms with Crippen molar-refractivity contribution in [2.24, 2.45) is 16.7 Å². The molecule has 0 spiro atoms. The molecule has 3 aliphatic carbocycles. The molecule has 41 heavy (non-hydrogen) atoms. The van der Waals surface area contributed by atoms with Crippen LogP contribution >= 0.6 is 0 Å². The van der Waals surface area contributed by atoms with Crippen molar-refractivity contribution in [3.05, 3.63) is 36.0 Å². The lowest BCUT2D eigenvalue weighted by Crippen LogP contribution is -2.53. The Morgan fingerprint density at radius 3 is 2.49 bits per heavy atom. The molecule has 2 unspecified atom stereocenters. The van der Waals surface area contributed by atoms with Crippen LogP contribution in [0.15, 0.2) is 30.5 Å². The first-order chi connectivity index (χ1) is 19.7. The Kier molecular flexibility index (Phi) is 6.47. The van der Waals surface area contributed by atoms with Crippen LogP contribution in [0.1, 0.15) is 50.5 Å². The Balaban J connectivity index is 1.01. The topological polar surface area (TPSA) is 75.5 Å². The number of anilines is 1. The van der Waals surface area contributed by atoms with Gasteiger partial charge in [0.1, 0.15) is 11.5 Å². The Labute approximate surface area is 238 Å². The van der Waals surface area contributed by atoms with Gasteiger partial charge in [0.25, 0.3) is 0 Å². The lowest BCUT2D eigenvalue weighted by Gasteiger charge is -2.42. The number of piperazine rings is 1. The van der Waals surface area contributed by atoms with Gasteiger partial charge in [-0.3, -0.25) is 14.7 Å². The standard InChI is InChI=1S/C31H37F3N6O/c32-31(33,34)30-18-29(30,19-40(20-30)26-10-5-22(16-35)27-25(26)2-1-11-36-27)28(41)37-23-6-8-24(9-7-23)39-14-12-38(13-15-39)17-21-3-4-21/h1-2,5,10-11,21,23-24H,3-4,6-9,12-15,17-20H2,(H,37,41). The zero-order valence-corrected chi connectivity index (χ0v) is 23.3. The van der Waals surface area contributed by atoms with Crippen molar-refractivity contribution in [2.45, 2.75) is 63.2 Å². The van der Waals surface area contributed by atoms with E-state index in [9.17, 15) is 23.2 Å². The molecule has 1 amide bonds. The molecule has 2 saturated heterocycles. The van der Waals surface area contributed by atoms with Crippen molar-refractivity contribution >= 4 is 22.5 Å². The summed E-state index contributed by atoms with van der Waals surface area (Å²) in [5.74, 6) is 0.459. The maximum Gasteiger partial charge on any atom is 0.397 e. The number of hydrogen-bond donors (Lipinski definition) is 1. The number of pyridine rings is 1. The summed E-state index contributed by atoms with van der Waals surface area (Å²) in [6.45, 7) is 5.39. The Bertz CT molecular complexity index is 1370. The number of nitrogens with one attached hydrogen (secondary N) is 1. The number of carbonyl (C=O) groups excluding carboxylic acids is 1. The van der Waals surface area contributed by atoms with Crippen LogP contribution in [0, 0.1) is 28.1 Å². The summed E-state index contributed by atoms with van der Waals surface area (Å²) < 4.78 is 43.7. The summed E-state index contributed by atoms with van der Waals surface area (Å²) in [7, 11) is 0. The fourth-order valence-electron chi connectivity index (χ4n) is 8.00. The Morgan fingerprint density at radius 1 is 1.05 bits per heavy atom. The molecule has 5 aliphatic rings. The van der Waals surface area contributed by atoms with Gasteiger partial charge < -0.3 is 15.1 Å². The lowest BCUT2D eigenvalue weighted by atomic mass is 9.88. The highest BCUT2D eigenvalue weighted by molar-refractivity contribution is 5.97. The Morgan fingerprint density at radius 2 is 1.80 bits per heavy atom. The maximum atomic E-state index is 14.6. The summed E-state index contributed by atoms with van der Waals surface area (Å²) >= 11 is 0. The van der Waals surface area contributed by atoms with Gasteiger partial charge in [0.2, 0.25) is 5.91 Å². The van der Waals surface area contributed by atoms with Gasteiger partial charge in [-0.05, 0) is 75.1 Å². The molecular weight excluding hydrogens is 529 g/mol. The number of rotatable bonds is 6. The van der Waals surface area contributed by atoms with Crippen LogP contribution in [0.25, 0.3) is 10.9 Å². The van der Waals surface area contributed by atoms with E-state index in [0.29, 0.717) is 28.2 Å². The predicted molar refractivity (Wildman–Crippen MR) is 149 cm³/mol. The average Bonchev–Trinajstić information content (AvgIpc) is 3.89. The molecule has 10 heteroatoms. The third-order valence-corrected chi connectivity index (χ3v) is 10.7. The molecule has 2 aliphatic heterocycles. The van der Waals surface area contributed by atoms with Gasteiger partial charge in [0, 0.05) is 75.2 Å². The zero-order valence-electron chi connectivity index (χ0n) is 23.3. The van der Waals surface area contributed by atoms with Crippen LogP contribution in [0.3, 0.4) is 0 Å². The second-order valence-corrected chi connectivity index (χ2v) is 13.1. The number of nitriles is 1. The fraction of sp³-hybridized carbons (Fsp3) is 0.645. The Hall–Kier alpha value is -2.90. The number of nitrogens with zero attached hydrogens (tertiary/aromatic N) is 5. The van der Waals surface area contributed by atoms with Crippen LogP contribution in [0.5, 0.6) is 0 Å². The molecule has 1 aromatic carbocycles. The molecule has 2 atom stereocenters. The molecule has 218 valence electrons. The quantitative estimate of drug-likeness (QED) is 0.562. The van der Waals surface area contributed by atoms with Crippen molar-refractivity contribution in [2.75, 3.05) is 50.7 Å². The molecular formula is C31H37F3N6O. The normalized spacial score (nSPS) is 32.5. The minimum atomic E-state index is -4.49. The van der Waals surface area contributed by atoms with E-state index in [4.69, 9.17) is 0 Å². The SMILES string of the molecule is N#Cc1ccc(N2CC3(C(=O)NC4CCC(N5CCN(CC6CC6)CC5)CC4)CC3(C(F)(F)F)C2)c2cccnc12. The highest BCUT2D eigenvalue weighted by Crippen LogP contribution is 2.75. The molecule has 3 heterocycles.